The molecular formula is C34H34Cl2N4O3. The molecule has 0 atom stereocenters. The van der Waals surface area contributed by atoms with Crippen LogP contribution in [0.25, 0.3) is 33.5 Å². The molecule has 0 radical (unpaired) electrons. The first-order chi connectivity index (χ1) is 20.8. The molecule has 3 N–H and O–H groups in total. The Morgan fingerprint density at radius 1 is 0.907 bits per heavy atom. The number of amides is 1. The van der Waals surface area contributed by atoms with E-state index >= 15 is 0 Å². The number of methoxy groups -OCH3 is 1. The lowest BCUT2D eigenvalue weighted by molar-refractivity contribution is -0.157. The van der Waals surface area contributed by atoms with E-state index in [9.17, 15) is 9.90 Å². The van der Waals surface area contributed by atoms with Crippen molar-refractivity contribution in [3.63, 3.8) is 0 Å². The van der Waals surface area contributed by atoms with Gasteiger partial charge >= 0.3 is 0 Å². The fourth-order valence-corrected chi connectivity index (χ4v) is 7.06. The van der Waals surface area contributed by atoms with Gasteiger partial charge in [-0.15, -0.1) is 0 Å². The Morgan fingerprint density at radius 2 is 1.53 bits per heavy atom. The molecule has 0 bridgehead atoms. The number of aromatic nitrogens is 1. The molecule has 0 saturated carbocycles. The highest BCUT2D eigenvalue weighted by Crippen LogP contribution is 2.43. The average Bonchev–Trinajstić information content (AvgIpc) is 2.97. The van der Waals surface area contributed by atoms with Crippen LogP contribution in [0.5, 0.6) is 5.88 Å². The monoisotopic (exact) mass is 616 g/mol. The molecular weight excluding hydrogens is 583 g/mol. The van der Waals surface area contributed by atoms with Crippen molar-refractivity contribution in [1.82, 2.24) is 14.8 Å². The largest absolute Gasteiger partial charge is 0.481 e. The standard InChI is InChI=1S/C34H34Cl2N4O3/c1-21(42)40-19-34(20-40)17-39(18-34)15-24-11-12-30(38-33(24)43-2)29-8-4-7-28(32(29)36)27-6-3-5-26(31(27)35)22-9-10-23(14-37)25(13-22)16-41/h3-13,41H,14-20,37H2,1-2H3. The van der Waals surface area contributed by atoms with Gasteiger partial charge in [0.25, 0.3) is 0 Å². The summed E-state index contributed by atoms with van der Waals surface area (Å²) >= 11 is 14.1. The van der Waals surface area contributed by atoms with Gasteiger partial charge in [-0.2, -0.15) is 0 Å². The lowest BCUT2D eigenvalue weighted by atomic mass is 9.72. The summed E-state index contributed by atoms with van der Waals surface area (Å²) in [6.45, 7) is 6.25. The maximum absolute atomic E-state index is 11.6. The zero-order chi connectivity index (χ0) is 30.3. The molecule has 3 aromatic carbocycles. The van der Waals surface area contributed by atoms with Gasteiger partial charge in [-0.1, -0.05) is 77.8 Å². The number of benzene rings is 3. The van der Waals surface area contributed by atoms with Crippen molar-refractivity contribution < 1.29 is 14.6 Å². The number of aliphatic hydroxyl groups is 1. The number of pyridine rings is 1. The van der Waals surface area contributed by atoms with Crippen LogP contribution in [0.1, 0.15) is 23.6 Å². The van der Waals surface area contributed by atoms with Gasteiger partial charge in [0, 0.05) is 79.4 Å². The van der Waals surface area contributed by atoms with Gasteiger partial charge in [0.1, 0.15) is 0 Å². The van der Waals surface area contributed by atoms with Crippen LogP contribution in [0, 0.1) is 5.41 Å². The van der Waals surface area contributed by atoms with Crippen LogP contribution in [0.4, 0.5) is 0 Å². The second-order valence-corrected chi connectivity index (χ2v) is 12.3. The Bertz CT molecular complexity index is 1700. The summed E-state index contributed by atoms with van der Waals surface area (Å²) in [5.41, 5.74) is 13.6. The van der Waals surface area contributed by atoms with Crippen molar-refractivity contribution in [2.24, 2.45) is 11.1 Å². The highest BCUT2D eigenvalue weighted by Gasteiger charge is 2.52. The second-order valence-electron chi connectivity index (χ2n) is 11.6. The first kappa shape index (κ1) is 29.6. The number of hydrogen-bond acceptors (Lipinski definition) is 6. The number of nitrogens with two attached hydrogens (primary N) is 1. The van der Waals surface area contributed by atoms with Gasteiger partial charge in [0.05, 0.1) is 29.5 Å². The van der Waals surface area contributed by atoms with Gasteiger partial charge in [0.2, 0.25) is 11.8 Å². The van der Waals surface area contributed by atoms with Gasteiger partial charge in [-0.25, -0.2) is 4.98 Å². The minimum absolute atomic E-state index is 0.0977. The molecule has 6 rings (SSSR count). The van der Waals surface area contributed by atoms with E-state index < -0.39 is 0 Å². The van der Waals surface area contributed by atoms with E-state index in [1.54, 1.807) is 14.0 Å². The topological polar surface area (TPSA) is 91.9 Å². The predicted octanol–water partition coefficient (Wildman–Crippen LogP) is 6.01. The normalized spacial score (nSPS) is 15.7. The smallest absolute Gasteiger partial charge is 0.219 e. The van der Waals surface area contributed by atoms with Gasteiger partial charge in [-0.05, 0) is 28.8 Å². The highest BCUT2D eigenvalue weighted by atomic mass is 35.5. The molecule has 2 aliphatic rings. The van der Waals surface area contributed by atoms with E-state index in [0.717, 1.165) is 77.2 Å². The number of hydrogen-bond donors (Lipinski definition) is 2. The molecule has 1 amide bonds. The summed E-state index contributed by atoms with van der Waals surface area (Å²) < 4.78 is 5.71. The van der Waals surface area contributed by atoms with E-state index in [2.05, 4.69) is 11.0 Å². The van der Waals surface area contributed by atoms with Crippen molar-refractivity contribution in [3.8, 4) is 39.4 Å². The molecule has 1 aromatic heterocycles. The van der Waals surface area contributed by atoms with Gasteiger partial charge < -0.3 is 20.5 Å². The molecule has 9 heteroatoms. The molecule has 3 heterocycles. The number of halogens is 2. The number of rotatable bonds is 8. The number of carbonyl (C=O) groups excluding carboxylic acids is 1. The fourth-order valence-electron chi connectivity index (χ4n) is 6.40. The maximum Gasteiger partial charge on any atom is 0.219 e. The summed E-state index contributed by atoms with van der Waals surface area (Å²) in [5.74, 6) is 0.719. The Hall–Kier alpha value is -3.46. The fraction of sp³-hybridized carbons (Fsp3) is 0.294. The maximum atomic E-state index is 11.6. The Labute approximate surface area is 261 Å². The minimum Gasteiger partial charge on any atom is -0.481 e. The number of ether oxygens (including phenoxy) is 1. The van der Waals surface area contributed by atoms with Crippen LogP contribution in [-0.2, 0) is 24.5 Å². The van der Waals surface area contributed by atoms with Crippen molar-refractivity contribution in [1.29, 1.82) is 0 Å². The van der Waals surface area contributed by atoms with Crippen LogP contribution >= 0.6 is 23.2 Å². The van der Waals surface area contributed by atoms with Crippen LogP contribution < -0.4 is 10.5 Å². The molecule has 0 aliphatic carbocycles. The van der Waals surface area contributed by atoms with E-state index in [-0.39, 0.29) is 17.9 Å². The molecule has 4 aromatic rings. The van der Waals surface area contributed by atoms with E-state index in [0.29, 0.717) is 28.2 Å². The summed E-state index contributed by atoms with van der Waals surface area (Å²) in [7, 11) is 1.63. The molecule has 0 unspecified atom stereocenters. The van der Waals surface area contributed by atoms with Crippen LogP contribution in [0.15, 0.2) is 66.7 Å². The molecule has 2 saturated heterocycles. The summed E-state index contributed by atoms with van der Waals surface area (Å²) in [6, 6.07) is 21.6. The van der Waals surface area contributed by atoms with Crippen molar-refractivity contribution in [3.05, 3.63) is 93.5 Å². The summed E-state index contributed by atoms with van der Waals surface area (Å²) in [5, 5.41) is 10.9. The SMILES string of the molecule is COc1nc(-c2cccc(-c3cccc(-c4ccc(CN)c(CO)c4)c3Cl)c2Cl)ccc1CN1CC2(C1)CN(C(C)=O)C2. The summed E-state index contributed by atoms with van der Waals surface area (Å²) in [6.07, 6.45) is 0. The highest BCUT2D eigenvalue weighted by molar-refractivity contribution is 6.39. The van der Waals surface area contributed by atoms with Crippen LogP contribution in [-0.4, -0.2) is 59.1 Å². The van der Waals surface area contributed by atoms with E-state index in [1.165, 1.54) is 0 Å². The zero-order valence-electron chi connectivity index (χ0n) is 24.2. The number of carbonyl (C=O) groups is 1. The Balaban J connectivity index is 1.25. The first-order valence-corrected chi connectivity index (χ1v) is 15.0. The number of aliphatic hydroxyl groups excluding tert-OH is 1. The van der Waals surface area contributed by atoms with Crippen molar-refractivity contribution >= 4 is 29.1 Å². The third-order valence-electron chi connectivity index (χ3n) is 8.61. The minimum atomic E-state index is -0.0977. The third kappa shape index (κ3) is 5.52. The Morgan fingerprint density at radius 3 is 2.16 bits per heavy atom. The molecule has 7 nitrogen and oxygen atoms in total. The average molecular weight is 618 g/mol. The zero-order valence-corrected chi connectivity index (χ0v) is 25.8. The van der Waals surface area contributed by atoms with E-state index in [4.69, 9.17) is 38.7 Å². The molecule has 222 valence electrons. The molecule has 2 fully saturated rings. The molecule has 43 heavy (non-hydrogen) atoms. The van der Waals surface area contributed by atoms with Crippen molar-refractivity contribution in [2.45, 2.75) is 26.6 Å². The van der Waals surface area contributed by atoms with Crippen LogP contribution in [0.3, 0.4) is 0 Å². The number of likely N-dealkylation sites (tertiary alicyclic amines) is 2. The van der Waals surface area contributed by atoms with E-state index in [1.807, 2.05) is 65.6 Å². The first-order valence-electron chi connectivity index (χ1n) is 14.3. The summed E-state index contributed by atoms with van der Waals surface area (Å²) in [4.78, 5) is 20.7. The van der Waals surface area contributed by atoms with Gasteiger partial charge in [-0.3, -0.25) is 9.69 Å². The Kier molecular flexibility index (Phi) is 8.20. The van der Waals surface area contributed by atoms with Crippen molar-refractivity contribution in [2.75, 3.05) is 33.3 Å². The molecule has 1 spiro atoms. The quantitative estimate of drug-likeness (QED) is 0.252. The lowest BCUT2D eigenvalue weighted by Gasteiger charge is -2.60. The molecule has 2 aliphatic heterocycles. The number of nitrogens with zero attached hydrogens (tertiary/aromatic N) is 3. The third-order valence-corrected chi connectivity index (χ3v) is 9.43. The second kappa shape index (κ2) is 11.9. The predicted molar refractivity (Wildman–Crippen MR) is 171 cm³/mol. The van der Waals surface area contributed by atoms with Gasteiger partial charge in [0.15, 0.2) is 0 Å². The van der Waals surface area contributed by atoms with Crippen LogP contribution in [0.2, 0.25) is 10.0 Å². The lowest BCUT2D eigenvalue weighted by Crippen LogP contribution is -2.72.